The molecule has 1 aliphatic carbocycles. The maximum Gasteiger partial charge on any atom is 0.0397 e. The second kappa shape index (κ2) is 5.64. The molecule has 3 nitrogen and oxygen atoms in total. The van der Waals surface area contributed by atoms with Gasteiger partial charge in [-0.2, -0.15) is 0 Å². The first kappa shape index (κ1) is 12.7. The van der Waals surface area contributed by atoms with Gasteiger partial charge in [0.05, 0.1) is 0 Å². The highest BCUT2D eigenvalue weighted by atomic mass is 15.3. The summed E-state index contributed by atoms with van der Waals surface area (Å²) in [6.45, 7) is 3.78. The summed E-state index contributed by atoms with van der Waals surface area (Å²) in [5.74, 6) is 5.71. The molecule has 15 heavy (non-hydrogen) atoms. The Morgan fingerprint density at radius 3 is 2.47 bits per heavy atom. The molecule has 0 aromatic carbocycles. The molecular weight excluding hydrogens is 186 g/mol. The van der Waals surface area contributed by atoms with Crippen LogP contribution in [-0.4, -0.2) is 30.6 Å². The van der Waals surface area contributed by atoms with Crippen molar-refractivity contribution in [3.05, 3.63) is 12.7 Å². The Labute approximate surface area is 93.7 Å². The fourth-order valence-electron chi connectivity index (χ4n) is 2.89. The largest absolute Gasteiger partial charge is 0.302 e. The molecule has 0 amide bonds. The number of hydrogen-bond acceptors (Lipinski definition) is 3. The highest BCUT2D eigenvalue weighted by Gasteiger charge is 2.42. The molecule has 1 atom stereocenters. The quantitative estimate of drug-likeness (QED) is 0.399. The lowest BCUT2D eigenvalue weighted by Crippen LogP contribution is -2.59. The van der Waals surface area contributed by atoms with Gasteiger partial charge in [-0.05, 0) is 39.8 Å². The number of allylic oxidation sites excluding steroid dienone is 1. The lowest BCUT2D eigenvalue weighted by Gasteiger charge is -2.43. The molecule has 0 spiro atoms. The number of likely N-dealkylation sites (N-methyl/N-ethyl adjacent to an activating group) is 1. The van der Waals surface area contributed by atoms with E-state index in [1.807, 2.05) is 6.08 Å². The van der Waals surface area contributed by atoms with E-state index >= 15 is 0 Å². The fourth-order valence-corrected chi connectivity index (χ4v) is 2.89. The van der Waals surface area contributed by atoms with Crippen LogP contribution in [0.15, 0.2) is 12.7 Å². The van der Waals surface area contributed by atoms with Crippen molar-refractivity contribution in [2.45, 2.75) is 50.1 Å². The van der Waals surface area contributed by atoms with Crippen LogP contribution in [0, 0.1) is 0 Å². The van der Waals surface area contributed by atoms with E-state index in [0.29, 0.717) is 6.04 Å². The third-order valence-corrected chi connectivity index (χ3v) is 3.87. The summed E-state index contributed by atoms with van der Waals surface area (Å²) >= 11 is 0. The van der Waals surface area contributed by atoms with Crippen molar-refractivity contribution in [2.24, 2.45) is 5.84 Å². The monoisotopic (exact) mass is 211 g/mol. The molecule has 0 aromatic heterocycles. The van der Waals surface area contributed by atoms with E-state index in [1.165, 1.54) is 25.7 Å². The van der Waals surface area contributed by atoms with E-state index in [2.05, 4.69) is 31.0 Å². The van der Waals surface area contributed by atoms with Gasteiger partial charge >= 0.3 is 0 Å². The van der Waals surface area contributed by atoms with Gasteiger partial charge in [-0.25, -0.2) is 0 Å². The van der Waals surface area contributed by atoms with Gasteiger partial charge in [0, 0.05) is 11.6 Å². The third kappa shape index (κ3) is 2.60. The van der Waals surface area contributed by atoms with E-state index in [1.54, 1.807) is 0 Å². The minimum Gasteiger partial charge on any atom is -0.302 e. The zero-order chi connectivity index (χ0) is 11.3. The average Bonchev–Trinajstić information content (AvgIpc) is 2.69. The second-order valence-electron chi connectivity index (χ2n) is 4.79. The zero-order valence-corrected chi connectivity index (χ0v) is 10.1. The van der Waals surface area contributed by atoms with Crippen molar-refractivity contribution >= 4 is 0 Å². The number of rotatable bonds is 6. The van der Waals surface area contributed by atoms with Crippen LogP contribution in [0.25, 0.3) is 0 Å². The van der Waals surface area contributed by atoms with Gasteiger partial charge in [-0.1, -0.05) is 18.9 Å². The normalized spacial score (nSPS) is 21.9. The van der Waals surface area contributed by atoms with Crippen LogP contribution < -0.4 is 11.3 Å². The number of nitrogens with two attached hydrogens (primary N) is 1. The van der Waals surface area contributed by atoms with Crippen LogP contribution in [0.4, 0.5) is 0 Å². The Balaban J connectivity index is 2.71. The second-order valence-corrected chi connectivity index (χ2v) is 4.79. The Kier molecular flexibility index (Phi) is 4.77. The number of hydrogen-bond donors (Lipinski definition) is 2. The summed E-state index contributed by atoms with van der Waals surface area (Å²) in [7, 11) is 4.34. The lowest BCUT2D eigenvalue weighted by molar-refractivity contribution is 0.100. The van der Waals surface area contributed by atoms with E-state index in [-0.39, 0.29) is 5.54 Å². The smallest absolute Gasteiger partial charge is 0.0397 e. The van der Waals surface area contributed by atoms with Crippen LogP contribution in [0.3, 0.4) is 0 Å². The van der Waals surface area contributed by atoms with Crippen LogP contribution in [0.5, 0.6) is 0 Å². The molecule has 1 saturated carbocycles. The SMILES string of the molecule is C=CCCC(NN)C1(N(C)C)CCCC1. The summed E-state index contributed by atoms with van der Waals surface area (Å²) in [4.78, 5) is 2.35. The Hall–Kier alpha value is -0.380. The van der Waals surface area contributed by atoms with Crippen molar-refractivity contribution in [1.82, 2.24) is 10.3 Å². The molecule has 1 unspecified atom stereocenters. The summed E-state index contributed by atoms with van der Waals surface area (Å²) in [6.07, 6.45) is 9.25. The number of nitrogens with one attached hydrogen (secondary N) is 1. The van der Waals surface area contributed by atoms with Crippen LogP contribution in [0.1, 0.15) is 38.5 Å². The molecule has 88 valence electrons. The molecule has 1 fully saturated rings. The van der Waals surface area contributed by atoms with Crippen molar-refractivity contribution in [3.8, 4) is 0 Å². The zero-order valence-electron chi connectivity index (χ0n) is 10.1. The highest BCUT2D eigenvalue weighted by molar-refractivity contribution is 5.01. The van der Waals surface area contributed by atoms with E-state index < -0.39 is 0 Å². The molecule has 0 heterocycles. The number of hydrazine groups is 1. The van der Waals surface area contributed by atoms with Crippen molar-refractivity contribution in [3.63, 3.8) is 0 Å². The molecule has 0 aliphatic heterocycles. The third-order valence-electron chi connectivity index (χ3n) is 3.87. The summed E-state index contributed by atoms with van der Waals surface area (Å²) in [5.41, 5.74) is 3.27. The van der Waals surface area contributed by atoms with Gasteiger partial charge < -0.3 is 4.90 Å². The Morgan fingerprint density at radius 2 is 2.07 bits per heavy atom. The molecular formula is C12H25N3. The van der Waals surface area contributed by atoms with Gasteiger partial charge in [0.2, 0.25) is 0 Å². The molecule has 1 aliphatic rings. The van der Waals surface area contributed by atoms with Crippen molar-refractivity contribution in [1.29, 1.82) is 0 Å². The number of nitrogens with zero attached hydrogens (tertiary/aromatic N) is 1. The molecule has 0 bridgehead atoms. The van der Waals surface area contributed by atoms with Crippen molar-refractivity contribution in [2.75, 3.05) is 14.1 Å². The molecule has 0 aromatic rings. The maximum atomic E-state index is 5.71. The van der Waals surface area contributed by atoms with Crippen LogP contribution >= 0.6 is 0 Å². The molecule has 0 radical (unpaired) electrons. The Morgan fingerprint density at radius 1 is 1.47 bits per heavy atom. The van der Waals surface area contributed by atoms with E-state index in [4.69, 9.17) is 5.84 Å². The minimum absolute atomic E-state index is 0.262. The lowest BCUT2D eigenvalue weighted by atomic mass is 9.84. The van der Waals surface area contributed by atoms with Gasteiger partial charge in [0.1, 0.15) is 0 Å². The molecule has 0 saturated heterocycles. The van der Waals surface area contributed by atoms with Crippen molar-refractivity contribution < 1.29 is 0 Å². The van der Waals surface area contributed by atoms with Gasteiger partial charge in [-0.3, -0.25) is 11.3 Å². The summed E-state index contributed by atoms with van der Waals surface area (Å²) < 4.78 is 0. The predicted octanol–water partition coefficient (Wildman–Crippen LogP) is 1.66. The summed E-state index contributed by atoms with van der Waals surface area (Å²) in [6, 6.07) is 0.382. The minimum atomic E-state index is 0.262. The van der Waals surface area contributed by atoms with Gasteiger partial charge in [0.25, 0.3) is 0 Å². The first-order chi connectivity index (χ1) is 7.17. The summed E-state index contributed by atoms with van der Waals surface area (Å²) in [5, 5.41) is 0. The molecule has 3 N–H and O–H groups in total. The molecule has 3 heteroatoms. The average molecular weight is 211 g/mol. The predicted molar refractivity (Wildman–Crippen MR) is 65.4 cm³/mol. The topological polar surface area (TPSA) is 41.3 Å². The Bertz CT molecular complexity index is 195. The highest BCUT2D eigenvalue weighted by Crippen LogP contribution is 2.37. The van der Waals surface area contributed by atoms with Crippen LogP contribution in [-0.2, 0) is 0 Å². The fraction of sp³-hybridized carbons (Fsp3) is 0.833. The first-order valence-corrected chi connectivity index (χ1v) is 5.92. The van der Waals surface area contributed by atoms with E-state index in [9.17, 15) is 0 Å². The van der Waals surface area contributed by atoms with Gasteiger partial charge in [-0.15, -0.1) is 6.58 Å². The molecule has 1 rings (SSSR count). The maximum absolute atomic E-state index is 5.71. The standard InChI is InChI=1S/C12H25N3/c1-4-5-8-11(14-13)12(15(2)3)9-6-7-10-12/h4,11,14H,1,5-10,13H2,2-3H3. The first-order valence-electron chi connectivity index (χ1n) is 5.92. The van der Waals surface area contributed by atoms with Gasteiger partial charge in [0.15, 0.2) is 0 Å². The van der Waals surface area contributed by atoms with Crippen LogP contribution in [0.2, 0.25) is 0 Å². The van der Waals surface area contributed by atoms with E-state index in [0.717, 1.165) is 12.8 Å².